The van der Waals surface area contributed by atoms with Gasteiger partial charge in [0.2, 0.25) is 0 Å². The van der Waals surface area contributed by atoms with Gasteiger partial charge in [-0.25, -0.2) is 0 Å². The summed E-state index contributed by atoms with van der Waals surface area (Å²) < 4.78 is 0. The van der Waals surface area contributed by atoms with Crippen LogP contribution in [0.4, 0.5) is 0 Å². The van der Waals surface area contributed by atoms with E-state index in [9.17, 15) is 0 Å². The molecule has 2 nitrogen and oxygen atoms in total. The normalized spacial score (nSPS) is 35.7. The second kappa shape index (κ2) is 5.50. The minimum atomic E-state index is 0.781. The van der Waals surface area contributed by atoms with Gasteiger partial charge in [0.05, 0.1) is 0 Å². The fraction of sp³-hybridized carbons (Fsp3) is 1.00. The van der Waals surface area contributed by atoms with Crippen molar-refractivity contribution in [3.63, 3.8) is 0 Å². The maximum Gasteiger partial charge on any atom is 0.0200 e. The summed E-state index contributed by atoms with van der Waals surface area (Å²) in [5.74, 6) is 1.97. The molecule has 1 heterocycles. The molecular formula is C16H30N2. The van der Waals surface area contributed by atoms with Gasteiger partial charge in [-0.2, -0.15) is 0 Å². The molecular weight excluding hydrogens is 220 g/mol. The first kappa shape index (κ1) is 12.9. The Labute approximate surface area is 113 Å². The van der Waals surface area contributed by atoms with Crippen molar-refractivity contribution in [2.24, 2.45) is 11.8 Å². The highest BCUT2D eigenvalue weighted by atomic mass is 15.2. The van der Waals surface area contributed by atoms with Crippen molar-refractivity contribution in [2.75, 3.05) is 13.1 Å². The second-order valence-corrected chi connectivity index (χ2v) is 6.91. The van der Waals surface area contributed by atoms with Crippen LogP contribution in [0.3, 0.4) is 0 Å². The van der Waals surface area contributed by atoms with E-state index in [1.165, 1.54) is 58.0 Å². The molecule has 3 rings (SSSR count). The van der Waals surface area contributed by atoms with Gasteiger partial charge in [-0.05, 0) is 50.4 Å². The van der Waals surface area contributed by atoms with Crippen LogP contribution < -0.4 is 5.32 Å². The van der Waals surface area contributed by atoms with Gasteiger partial charge in [0.15, 0.2) is 0 Å². The Balaban J connectivity index is 1.60. The summed E-state index contributed by atoms with van der Waals surface area (Å²) in [5.41, 5.74) is 0. The minimum Gasteiger partial charge on any atom is -0.310 e. The second-order valence-electron chi connectivity index (χ2n) is 6.91. The first-order valence-corrected chi connectivity index (χ1v) is 8.30. The third-order valence-electron chi connectivity index (χ3n) is 5.25. The molecule has 0 amide bonds. The van der Waals surface area contributed by atoms with E-state index in [0.717, 1.165) is 30.0 Å². The zero-order valence-electron chi connectivity index (χ0n) is 12.2. The van der Waals surface area contributed by atoms with Gasteiger partial charge in [0, 0.05) is 31.2 Å². The SMILES string of the molecule is CCC1CC(NC2CC2)CN(C(CC)C2CC2)C1. The van der Waals surface area contributed by atoms with Gasteiger partial charge in [0.1, 0.15) is 0 Å². The number of nitrogens with one attached hydrogen (secondary N) is 1. The van der Waals surface area contributed by atoms with Crippen molar-refractivity contribution in [2.45, 2.75) is 76.9 Å². The van der Waals surface area contributed by atoms with Crippen molar-refractivity contribution in [3.8, 4) is 0 Å². The molecule has 3 atom stereocenters. The van der Waals surface area contributed by atoms with Crippen LogP contribution in [-0.2, 0) is 0 Å². The number of hydrogen-bond donors (Lipinski definition) is 1. The quantitative estimate of drug-likeness (QED) is 0.779. The van der Waals surface area contributed by atoms with Crippen LogP contribution in [0, 0.1) is 11.8 Å². The highest BCUT2D eigenvalue weighted by Gasteiger charge is 2.38. The Morgan fingerprint density at radius 3 is 2.39 bits per heavy atom. The topological polar surface area (TPSA) is 15.3 Å². The molecule has 104 valence electrons. The van der Waals surface area contributed by atoms with E-state index < -0.39 is 0 Å². The molecule has 0 aromatic carbocycles. The predicted molar refractivity (Wildman–Crippen MR) is 76.7 cm³/mol. The molecule has 0 radical (unpaired) electrons. The van der Waals surface area contributed by atoms with Crippen LogP contribution >= 0.6 is 0 Å². The molecule has 0 aromatic heterocycles. The average molecular weight is 250 g/mol. The molecule has 2 aliphatic carbocycles. The van der Waals surface area contributed by atoms with Crippen LogP contribution in [-0.4, -0.2) is 36.1 Å². The van der Waals surface area contributed by atoms with E-state index in [1.54, 1.807) is 0 Å². The smallest absolute Gasteiger partial charge is 0.0200 e. The molecule has 1 N–H and O–H groups in total. The summed E-state index contributed by atoms with van der Waals surface area (Å²) in [6, 6.07) is 2.54. The summed E-state index contributed by atoms with van der Waals surface area (Å²) in [7, 11) is 0. The lowest BCUT2D eigenvalue weighted by Gasteiger charge is -2.42. The molecule has 3 aliphatic rings. The molecule has 3 unspecified atom stereocenters. The lowest BCUT2D eigenvalue weighted by Crippen LogP contribution is -2.53. The standard InChI is InChI=1S/C16H30N2/c1-3-12-9-15(17-14-7-8-14)11-18(10-12)16(4-2)13-5-6-13/h12-17H,3-11H2,1-2H3. The van der Waals surface area contributed by atoms with Crippen molar-refractivity contribution < 1.29 is 0 Å². The highest BCUT2D eigenvalue weighted by molar-refractivity contribution is 4.95. The fourth-order valence-corrected chi connectivity index (χ4v) is 3.88. The summed E-state index contributed by atoms with van der Waals surface area (Å²) in [6.45, 7) is 7.46. The van der Waals surface area contributed by atoms with E-state index in [4.69, 9.17) is 0 Å². The largest absolute Gasteiger partial charge is 0.310 e. The Morgan fingerprint density at radius 1 is 1.06 bits per heavy atom. The van der Waals surface area contributed by atoms with E-state index in [0.29, 0.717) is 0 Å². The highest BCUT2D eigenvalue weighted by Crippen LogP contribution is 2.38. The number of likely N-dealkylation sites (tertiary alicyclic amines) is 1. The number of piperidine rings is 1. The van der Waals surface area contributed by atoms with E-state index in [1.807, 2.05) is 0 Å². The Bertz CT molecular complexity index is 270. The molecule has 2 saturated carbocycles. The maximum atomic E-state index is 3.88. The summed E-state index contributed by atoms with van der Waals surface area (Å²) in [4.78, 5) is 2.84. The first-order chi connectivity index (χ1) is 8.80. The van der Waals surface area contributed by atoms with Gasteiger partial charge in [-0.1, -0.05) is 20.3 Å². The fourth-order valence-electron chi connectivity index (χ4n) is 3.88. The van der Waals surface area contributed by atoms with Gasteiger partial charge in [-0.3, -0.25) is 4.90 Å². The Hall–Kier alpha value is -0.0800. The molecule has 0 bridgehead atoms. The molecule has 18 heavy (non-hydrogen) atoms. The number of rotatable bonds is 6. The van der Waals surface area contributed by atoms with Gasteiger partial charge >= 0.3 is 0 Å². The van der Waals surface area contributed by atoms with Crippen LogP contribution in [0.1, 0.15) is 58.8 Å². The monoisotopic (exact) mass is 250 g/mol. The van der Waals surface area contributed by atoms with Crippen molar-refractivity contribution in [3.05, 3.63) is 0 Å². The maximum absolute atomic E-state index is 3.88. The Morgan fingerprint density at radius 2 is 1.83 bits per heavy atom. The molecule has 3 fully saturated rings. The zero-order valence-corrected chi connectivity index (χ0v) is 12.2. The van der Waals surface area contributed by atoms with E-state index >= 15 is 0 Å². The third kappa shape index (κ3) is 3.08. The predicted octanol–water partition coefficient (Wildman–Crippen LogP) is 3.03. The van der Waals surface area contributed by atoms with Crippen molar-refractivity contribution in [1.29, 1.82) is 0 Å². The van der Waals surface area contributed by atoms with Crippen LogP contribution in [0.15, 0.2) is 0 Å². The molecule has 1 saturated heterocycles. The minimum absolute atomic E-state index is 0.781. The number of hydrogen-bond acceptors (Lipinski definition) is 2. The zero-order chi connectivity index (χ0) is 12.5. The van der Waals surface area contributed by atoms with Crippen LogP contribution in [0.5, 0.6) is 0 Å². The van der Waals surface area contributed by atoms with Crippen molar-refractivity contribution in [1.82, 2.24) is 10.2 Å². The van der Waals surface area contributed by atoms with Crippen LogP contribution in [0.25, 0.3) is 0 Å². The van der Waals surface area contributed by atoms with E-state index in [-0.39, 0.29) is 0 Å². The first-order valence-electron chi connectivity index (χ1n) is 8.30. The van der Waals surface area contributed by atoms with E-state index in [2.05, 4.69) is 24.1 Å². The van der Waals surface area contributed by atoms with Crippen molar-refractivity contribution >= 4 is 0 Å². The van der Waals surface area contributed by atoms with Gasteiger partial charge < -0.3 is 5.32 Å². The lowest BCUT2D eigenvalue weighted by atomic mass is 9.90. The summed E-state index contributed by atoms with van der Waals surface area (Å²) in [5, 5.41) is 3.88. The van der Waals surface area contributed by atoms with Crippen LogP contribution in [0.2, 0.25) is 0 Å². The summed E-state index contributed by atoms with van der Waals surface area (Å²) in [6.07, 6.45) is 9.97. The molecule has 0 spiro atoms. The average Bonchev–Trinajstić information content (AvgIpc) is 3.23. The Kier molecular flexibility index (Phi) is 3.95. The lowest BCUT2D eigenvalue weighted by molar-refractivity contribution is 0.0819. The van der Waals surface area contributed by atoms with Gasteiger partial charge in [-0.15, -0.1) is 0 Å². The summed E-state index contributed by atoms with van der Waals surface area (Å²) >= 11 is 0. The number of nitrogens with zero attached hydrogens (tertiary/aromatic N) is 1. The molecule has 0 aromatic rings. The molecule has 2 heteroatoms. The third-order valence-corrected chi connectivity index (χ3v) is 5.25. The molecule has 1 aliphatic heterocycles. The van der Waals surface area contributed by atoms with Gasteiger partial charge in [0.25, 0.3) is 0 Å².